The molecule has 0 aromatic rings. The summed E-state index contributed by atoms with van der Waals surface area (Å²) in [5.41, 5.74) is 0.545. The first-order valence-corrected chi connectivity index (χ1v) is 9.49. The molecule has 1 saturated heterocycles. The van der Waals surface area contributed by atoms with E-state index in [1.54, 1.807) is 28.2 Å². The maximum Gasteiger partial charge on any atom is 0.256 e. The number of carbonyl (C=O) groups is 1. The van der Waals surface area contributed by atoms with Crippen molar-refractivity contribution < 1.29 is 17.9 Å². The van der Waals surface area contributed by atoms with Crippen LogP contribution in [0.15, 0.2) is 28.3 Å². The van der Waals surface area contributed by atoms with Crippen molar-refractivity contribution in [2.45, 2.75) is 25.9 Å². The van der Waals surface area contributed by atoms with Crippen LogP contribution in [0.25, 0.3) is 0 Å². The van der Waals surface area contributed by atoms with Crippen molar-refractivity contribution in [1.29, 1.82) is 0 Å². The van der Waals surface area contributed by atoms with Gasteiger partial charge in [-0.3, -0.25) is 4.79 Å². The van der Waals surface area contributed by atoms with Gasteiger partial charge in [0.05, 0.1) is 17.4 Å². The van der Waals surface area contributed by atoms with Gasteiger partial charge in [0.1, 0.15) is 5.84 Å². The lowest BCUT2D eigenvalue weighted by molar-refractivity contribution is -0.128. The van der Waals surface area contributed by atoms with Crippen LogP contribution < -0.4 is 0 Å². The first-order valence-electron chi connectivity index (χ1n) is 7.88. The Balaban J connectivity index is 1.72. The lowest BCUT2D eigenvalue weighted by atomic mass is 10.1. The molecule has 0 saturated carbocycles. The van der Waals surface area contributed by atoms with Gasteiger partial charge in [-0.05, 0) is 31.9 Å². The first-order chi connectivity index (χ1) is 11.0. The molecule has 3 rings (SSSR count). The summed E-state index contributed by atoms with van der Waals surface area (Å²) in [5, 5.41) is 0. The highest BCUT2D eigenvalue weighted by Crippen LogP contribution is 2.19. The second-order valence-electron chi connectivity index (χ2n) is 5.83. The van der Waals surface area contributed by atoms with Crippen molar-refractivity contribution >= 4 is 21.8 Å². The maximum atomic E-state index is 12.7. The zero-order chi connectivity index (χ0) is 16.4. The predicted octanol–water partition coefficient (Wildman–Crippen LogP) is 0.512. The third-order valence-corrected chi connectivity index (χ3v) is 5.35. The van der Waals surface area contributed by atoms with Gasteiger partial charge in [0.15, 0.2) is 0 Å². The molecule has 3 aliphatic rings. The molecule has 8 heteroatoms. The van der Waals surface area contributed by atoms with Crippen molar-refractivity contribution in [1.82, 2.24) is 9.80 Å². The van der Waals surface area contributed by atoms with E-state index in [1.807, 2.05) is 6.92 Å². The Morgan fingerprint density at radius 3 is 3.00 bits per heavy atom. The van der Waals surface area contributed by atoms with Gasteiger partial charge in [-0.2, -0.15) is 0 Å². The number of fused-ring (bicyclic) bond motifs is 1. The van der Waals surface area contributed by atoms with Gasteiger partial charge < -0.3 is 14.5 Å². The fraction of sp³-hybridized carbons (Fsp3) is 0.600. The number of amidine groups is 1. The van der Waals surface area contributed by atoms with Crippen LogP contribution in [0.1, 0.15) is 19.8 Å². The Morgan fingerprint density at radius 1 is 1.48 bits per heavy atom. The topological polar surface area (TPSA) is 79.3 Å². The van der Waals surface area contributed by atoms with Gasteiger partial charge in [-0.25, -0.2) is 8.42 Å². The van der Waals surface area contributed by atoms with E-state index in [0.717, 1.165) is 19.4 Å². The van der Waals surface area contributed by atoms with E-state index in [2.05, 4.69) is 4.40 Å². The molecule has 0 bridgehead atoms. The Morgan fingerprint density at radius 2 is 2.30 bits per heavy atom. The quantitative estimate of drug-likeness (QED) is 0.746. The van der Waals surface area contributed by atoms with E-state index >= 15 is 0 Å². The lowest BCUT2D eigenvalue weighted by Gasteiger charge is -2.29. The average Bonchev–Trinajstić information content (AvgIpc) is 3.03. The van der Waals surface area contributed by atoms with Crippen molar-refractivity contribution in [2.24, 2.45) is 4.40 Å². The molecule has 0 spiro atoms. The Hall–Kier alpha value is -1.67. The minimum Gasteiger partial charge on any atom is -0.376 e. The van der Waals surface area contributed by atoms with Crippen LogP contribution in [-0.2, 0) is 19.6 Å². The zero-order valence-electron chi connectivity index (χ0n) is 13.1. The van der Waals surface area contributed by atoms with Crippen LogP contribution in [0.3, 0.4) is 0 Å². The Kier molecular flexibility index (Phi) is 4.54. The van der Waals surface area contributed by atoms with Gasteiger partial charge in [0, 0.05) is 32.4 Å². The first kappa shape index (κ1) is 16.2. The van der Waals surface area contributed by atoms with Crippen LogP contribution in [0.4, 0.5) is 0 Å². The van der Waals surface area contributed by atoms with Crippen LogP contribution in [0, 0.1) is 0 Å². The molecule has 1 atom stereocenters. The number of amides is 1. The van der Waals surface area contributed by atoms with Crippen LogP contribution in [0.5, 0.6) is 0 Å². The molecule has 0 radical (unpaired) electrons. The highest BCUT2D eigenvalue weighted by atomic mass is 32.2. The molecule has 126 valence electrons. The van der Waals surface area contributed by atoms with E-state index < -0.39 is 10.0 Å². The summed E-state index contributed by atoms with van der Waals surface area (Å²) in [7, 11) is -3.37. The van der Waals surface area contributed by atoms with Crippen LogP contribution >= 0.6 is 0 Å². The van der Waals surface area contributed by atoms with E-state index in [9.17, 15) is 13.2 Å². The fourth-order valence-electron chi connectivity index (χ4n) is 2.90. The number of nitrogens with zero attached hydrogens (tertiary/aromatic N) is 3. The SMILES string of the molecule is CCN(CC1CCCO1)C(=O)C1=CN2CCS(=O)(=O)N=C2C=C1. The van der Waals surface area contributed by atoms with Gasteiger partial charge in [-0.1, -0.05) is 0 Å². The molecule has 0 aromatic carbocycles. The molecule has 3 heterocycles. The predicted molar refractivity (Wildman–Crippen MR) is 86.4 cm³/mol. The molecule has 23 heavy (non-hydrogen) atoms. The van der Waals surface area contributed by atoms with Crippen molar-refractivity contribution in [3.05, 3.63) is 23.9 Å². The molecule has 1 fully saturated rings. The number of ether oxygens (including phenoxy) is 1. The third kappa shape index (κ3) is 3.64. The lowest BCUT2D eigenvalue weighted by Crippen LogP contribution is -2.41. The fourth-order valence-corrected chi connectivity index (χ4v) is 3.87. The molecule has 1 unspecified atom stereocenters. The normalized spacial score (nSPS) is 25.6. The van der Waals surface area contributed by atoms with E-state index in [-0.39, 0.29) is 17.8 Å². The van der Waals surface area contributed by atoms with E-state index in [4.69, 9.17) is 4.74 Å². The number of hydrogen-bond donors (Lipinski definition) is 0. The molecule has 0 N–H and O–H groups in total. The monoisotopic (exact) mass is 339 g/mol. The Bertz CT molecular complexity index is 675. The largest absolute Gasteiger partial charge is 0.376 e. The van der Waals surface area contributed by atoms with Crippen molar-refractivity contribution in [3.8, 4) is 0 Å². The number of rotatable bonds is 4. The summed E-state index contributed by atoms with van der Waals surface area (Å²) in [6.07, 6.45) is 7.05. The molecule has 1 amide bonds. The summed E-state index contributed by atoms with van der Waals surface area (Å²) < 4.78 is 32.3. The number of sulfonamides is 1. The molecule has 0 aromatic heterocycles. The molecular formula is C15H21N3O4S. The summed E-state index contributed by atoms with van der Waals surface area (Å²) in [4.78, 5) is 16.2. The van der Waals surface area contributed by atoms with Crippen molar-refractivity contribution in [3.63, 3.8) is 0 Å². The molecule has 0 aliphatic carbocycles. The van der Waals surface area contributed by atoms with E-state index in [0.29, 0.717) is 31.0 Å². The van der Waals surface area contributed by atoms with Gasteiger partial charge in [-0.15, -0.1) is 4.40 Å². The van der Waals surface area contributed by atoms with Gasteiger partial charge in [0.2, 0.25) is 0 Å². The molecular weight excluding hydrogens is 318 g/mol. The zero-order valence-corrected chi connectivity index (χ0v) is 14.0. The minimum atomic E-state index is -3.37. The minimum absolute atomic E-state index is 0.0320. The standard InChI is InChI=1S/C15H21N3O4S/c1-2-17(11-13-4-3-8-22-13)15(19)12-5-6-14-16-23(20,21)9-7-18(14)10-12/h5-6,10,13H,2-4,7-9,11H2,1H3. The third-order valence-electron chi connectivity index (χ3n) is 4.19. The van der Waals surface area contributed by atoms with Gasteiger partial charge in [0.25, 0.3) is 15.9 Å². The molecule has 3 aliphatic heterocycles. The van der Waals surface area contributed by atoms with E-state index in [1.165, 1.54) is 0 Å². The summed E-state index contributed by atoms with van der Waals surface area (Å²) >= 11 is 0. The second kappa shape index (κ2) is 6.45. The summed E-state index contributed by atoms with van der Waals surface area (Å²) in [6.45, 7) is 4.23. The van der Waals surface area contributed by atoms with Crippen LogP contribution in [0.2, 0.25) is 0 Å². The smallest absolute Gasteiger partial charge is 0.256 e. The van der Waals surface area contributed by atoms with Gasteiger partial charge >= 0.3 is 0 Å². The number of carbonyl (C=O) groups excluding carboxylic acids is 1. The molecule has 7 nitrogen and oxygen atoms in total. The number of likely N-dealkylation sites (N-methyl/N-ethyl adjacent to an activating group) is 1. The Labute approximate surface area is 136 Å². The average molecular weight is 339 g/mol. The summed E-state index contributed by atoms with van der Waals surface area (Å²) in [6, 6.07) is 0. The second-order valence-corrected chi connectivity index (χ2v) is 7.58. The highest BCUT2D eigenvalue weighted by molar-refractivity contribution is 7.90. The summed E-state index contributed by atoms with van der Waals surface area (Å²) in [5.74, 6) is 0.275. The maximum absolute atomic E-state index is 12.7. The highest BCUT2D eigenvalue weighted by Gasteiger charge is 2.27. The van der Waals surface area contributed by atoms with Crippen molar-refractivity contribution in [2.75, 3.05) is 32.0 Å². The van der Waals surface area contributed by atoms with Crippen LogP contribution in [-0.4, -0.2) is 68.1 Å². The number of hydrogen-bond acceptors (Lipinski definition) is 5.